The minimum absolute atomic E-state index is 0.259. The van der Waals surface area contributed by atoms with Crippen LogP contribution in [0.25, 0.3) is 16.7 Å². The third-order valence-electron chi connectivity index (χ3n) is 4.25. The van der Waals surface area contributed by atoms with Crippen molar-refractivity contribution in [3.63, 3.8) is 0 Å². The van der Waals surface area contributed by atoms with Crippen molar-refractivity contribution in [2.45, 2.75) is 26.2 Å². The Kier molecular flexibility index (Phi) is 3.44. The molecule has 3 heterocycles. The molecule has 1 aromatic carbocycles. The molecule has 0 aliphatic carbocycles. The smallest absolute Gasteiger partial charge is 0.168 e. The van der Waals surface area contributed by atoms with Crippen molar-refractivity contribution in [1.29, 1.82) is 0 Å². The predicted molar refractivity (Wildman–Crippen MR) is 87.4 cm³/mol. The van der Waals surface area contributed by atoms with Gasteiger partial charge < -0.3 is 4.90 Å². The molecule has 5 nitrogen and oxygen atoms in total. The molecule has 2 aromatic heterocycles. The van der Waals surface area contributed by atoms with Crippen molar-refractivity contribution in [3.8, 4) is 5.69 Å². The quantitative estimate of drug-likeness (QED) is 0.729. The normalized spacial score (nSPS) is 15.3. The molecule has 23 heavy (non-hydrogen) atoms. The number of aromatic nitrogens is 4. The Morgan fingerprint density at radius 3 is 2.48 bits per heavy atom. The van der Waals surface area contributed by atoms with Gasteiger partial charge in [0.2, 0.25) is 0 Å². The minimum Gasteiger partial charge on any atom is -0.356 e. The molecule has 1 fully saturated rings. The molecule has 0 N–H and O–H groups in total. The summed E-state index contributed by atoms with van der Waals surface area (Å²) in [5.74, 6) is 1.42. The van der Waals surface area contributed by atoms with Crippen molar-refractivity contribution in [2.24, 2.45) is 0 Å². The Morgan fingerprint density at radius 1 is 1.00 bits per heavy atom. The van der Waals surface area contributed by atoms with Crippen LogP contribution in [0, 0.1) is 12.7 Å². The van der Waals surface area contributed by atoms with Gasteiger partial charge in [0.15, 0.2) is 5.65 Å². The molecule has 0 saturated carbocycles. The molecule has 0 radical (unpaired) electrons. The lowest BCUT2D eigenvalue weighted by Gasteiger charge is -2.28. The Hall–Kier alpha value is -2.50. The standard InChI is InChI=1S/C17H18FN5/c1-12-20-16(22-9-3-2-4-10-22)15-11-19-23(17(15)21-12)14-7-5-13(18)6-8-14/h5-8,11H,2-4,9-10H2,1H3. The van der Waals surface area contributed by atoms with E-state index in [4.69, 9.17) is 0 Å². The lowest BCUT2D eigenvalue weighted by molar-refractivity contribution is 0.574. The highest BCUT2D eigenvalue weighted by Crippen LogP contribution is 2.27. The van der Waals surface area contributed by atoms with E-state index in [1.165, 1.54) is 31.4 Å². The average Bonchev–Trinajstić information content (AvgIpc) is 2.99. The first-order chi connectivity index (χ1) is 11.2. The van der Waals surface area contributed by atoms with Gasteiger partial charge in [-0.1, -0.05) is 0 Å². The van der Waals surface area contributed by atoms with Crippen molar-refractivity contribution >= 4 is 16.9 Å². The molecule has 0 unspecified atom stereocenters. The zero-order chi connectivity index (χ0) is 15.8. The third-order valence-corrected chi connectivity index (χ3v) is 4.25. The molecule has 1 saturated heterocycles. The maximum absolute atomic E-state index is 13.2. The van der Waals surface area contributed by atoms with Crippen molar-refractivity contribution in [2.75, 3.05) is 18.0 Å². The van der Waals surface area contributed by atoms with Gasteiger partial charge in [0.05, 0.1) is 17.3 Å². The van der Waals surface area contributed by atoms with Gasteiger partial charge in [0.1, 0.15) is 17.5 Å². The molecular weight excluding hydrogens is 293 g/mol. The summed E-state index contributed by atoms with van der Waals surface area (Å²) in [5, 5.41) is 5.40. The van der Waals surface area contributed by atoms with E-state index in [0.29, 0.717) is 0 Å². The Balaban J connectivity index is 1.85. The maximum atomic E-state index is 13.2. The third kappa shape index (κ3) is 2.54. The van der Waals surface area contributed by atoms with Crippen LogP contribution in [0.1, 0.15) is 25.1 Å². The fourth-order valence-electron chi connectivity index (χ4n) is 3.12. The van der Waals surface area contributed by atoms with Crippen LogP contribution >= 0.6 is 0 Å². The van der Waals surface area contributed by atoms with E-state index in [1.807, 2.05) is 13.1 Å². The van der Waals surface area contributed by atoms with Gasteiger partial charge in [-0.2, -0.15) is 5.10 Å². The van der Waals surface area contributed by atoms with Gasteiger partial charge in [-0.05, 0) is 50.5 Å². The first kappa shape index (κ1) is 14.1. The summed E-state index contributed by atoms with van der Waals surface area (Å²) in [6, 6.07) is 6.28. The van der Waals surface area contributed by atoms with Crippen LogP contribution in [0.5, 0.6) is 0 Å². The predicted octanol–water partition coefficient (Wildman–Crippen LogP) is 3.25. The lowest BCUT2D eigenvalue weighted by atomic mass is 10.1. The van der Waals surface area contributed by atoms with Gasteiger partial charge in [-0.3, -0.25) is 0 Å². The van der Waals surface area contributed by atoms with Crippen LogP contribution in [0.3, 0.4) is 0 Å². The molecular formula is C17H18FN5. The summed E-state index contributed by atoms with van der Waals surface area (Å²) >= 11 is 0. The van der Waals surface area contributed by atoms with Crippen LogP contribution < -0.4 is 4.90 Å². The fraction of sp³-hybridized carbons (Fsp3) is 0.353. The number of fused-ring (bicyclic) bond motifs is 1. The summed E-state index contributed by atoms with van der Waals surface area (Å²) in [5.41, 5.74) is 1.56. The Labute approximate surface area is 133 Å². The number of rotatable bonds is 2. The minimum atomic E-state index is -0.259. The van der Waals surface area contributed by atoms with Crippen LogP contribution in [-0.2, 0) is 0 Å². The molecule has 1 aliphatic rings. The monoisotopic (exact) mass is 311 g/mol. The van der Waals surface area contributed by atoms with E-state index >= 15 is 0 Å². The van der Waals surface area contributed by atoms with Crippen molar-refractivity contribution in [3.05, 3.63) is 42.1 Å². The van der Waals surface area contributed by atoms with E-state index in [1.54, 1.807) is 16.8 Å². The molecule has 0 atom stereocenters. The van der Waals surface area contributed by atoms with Crippen LogP contribution in [0.2, 0.25) is 0 Å². The summed E-state index contributed by atoms with van der Waals surface area (Å²) < 4.78 is 14.9. The highest BCUT2D eigenvalue weighted by molar-refractivity contribution is 5.88. The van der Waals surface area contributed by atoms with E-state index in [9.17, 15) is 4.39 Å². The average molecular weight is 311 g/mol. The topological polar surface area (TPSA) is 46.8 Å². The number of aryl methyl sites for hydroxylation is 1. The van der Waals surface area contributed by atoms with Gasteiger partial charge >= 0.3 is 0 Å². The summed E-state index contributed by atoms with van der Waals surface area (Å²) in [6.45, 7) is 3.94. The molecule has 118 valence electrons. The van der Waals surface area contributed by atoms with Crippen LogP contribution in [0.15, 0.2) is 30.5 Å². The number of piperidine rings is 1. The summed E-state index contributed by atoms with van der Waals surface area (Å²) in [4.78, 5) is 11.5. The number of hydrogen-bond acceptors (Lipinski definition) is 4. The van der Waals surface area contributed by atoms with Crippen LogP contribution in [-0.4, -0.2) is 32.8 Å². The highest BCUT2D eigenvalue weighted by Gasteiger charge is 2.19. The number of anilines is 1. The van der Waals surface area contributed by atoms with E-state index < -0.39 is 0 Å². The van der Waals surface area contributed by atoms with Gasteiger partial charge in [0, 0.05) is 13.1 Å². The maximum Gasteiger partial charge on any atom is 0.168 e. The fourth-order valence-corrected chi connectivity index (χ4v) is 3.12. The number of halogens is 1. The van der Waals surface area contributed by atoms with Gasteiger partial charge in [-0.15, -0.1) is 0 Å². The molecule has 0 bridgehead atoms. The molecule has 6 heteroatoms. The SMILES string of the molecule is Cc1nc(N2CCCCC2)c2cnn(-c3ccc(F)cc3)c2n1. The zero-order valence-electron chi connectivity index (χ0n) is 13.0. The highest BCUT2D eigenvalue weighted by atomic mass is 19.1. The number of benzene rings is 1. The largest absolute Gasteiger partial charge is 0.356 e. The first-order valence-corrected chi connectivity index (χ1v) is 7.95. The second-order valence-electron chi connectivity index (χ2n) is 5.91. The van der Waals surface area contributed by atoms with Crippen molar-refractivity contribution in [1.82, 2.24) is 19.7 Å². The van der Waals surface area contributed by atoms with E-state index in [-0.39, 0.29) is 5.82 Å². The Bertz CT molecular complexity index is 834. The second kappa shape index (κ2) is 5.61. The van der Waals surface area contributed by atoms with Gasteiger partial charge in [-0.25, -0.2) is 19.0 Å². The van der Waals surface area contributed by atoms with Crippen molar-refractivity contribution < 1.29 is 4.39 Å². The van der Waals surface area contributed by atoms with Crippen LogP contribution in [0.4, 0.5) is 10.2 Å². The lowest BCUT2D eigenvalue weighted by Crippen LogP contribution is -2.30. The molecule has 0 amide bonds. The van der Waals surface area contributed by atoms with E-state index in [0.717, 1.165) is 41.5 Å². The Morgan fingerprint density at radius 2 is 1.74 bits per heavy atom. The van der Waals surface area contributed by atoms with Gasteiger partial charge in [0.25, 0.3) is 0 Å². The molecule has 1 aliphatic heterocycles. The number of nitrogens with zero attached hydrogens (tertiary/aromatic N) is 5. The molecule has 4 rings (SSSR count). The number of hydrogen-bond donors (Lipinski definition) is 0. The summed E-state index contributed by atoms with van der Waals surface area (Å²) in [6.07, 6.45) is 5.47. The first-order valence-electron chi connectivity index (χ1n) is 7.95. The zero-order valence-corrected chi connectivity index (χ0v) is 13.0. The molecule has 3 aromatic rings. The summed E-state index contributed by atoms with van der Waals surface area (Å²) in [7, 11) is 0. The van der Waals surface area contributed by atoms with E-state index in [2.05, 4.69) is 20.0 Å². The molecule has 0 spiro atoms. The second-order valence-corrected chi connectivity index (χ2v) is 5.91.